The van der Waals surface area contributed by atoms with Crippen molar-refractivity contribution >= 4 is 35.0 Å². The van der Waals surface area contributed by atoms with Crippen molar-refractivity contribution in [2.45, 2.75) is 57.8 Å². The summed E-state index contributed by atoms with van der Waals surface area (Å²) in [5.74, 6) is -1.35. The second-order valence-electron chi connectivity index (χ2n) is 12.7. The Labute approximate surface area is 298 Å². The number of hydrogen-bond acceptors (Lipinski definition) is 8. The van der Waals surface area contributed by atoms with Gasteiger partial charge in [0.25, 0.3) is 11.8 Å². The summed E-state index contributed by atoms with van der Waals surface area (Å²) in [5.41, 5.74) is -0.746. The first-order chi connectivity index (χ1) is 24.0. The first-order valence-corrected chi connectivity index (χ1v) is 16.3. The molecule has 3 heterocycles. The molecule has 2 atom stereocenters. The van der Waals surface area contributed by atoms with Gasteiger partial charge < -0.3 is 9.84 Å². The zero-order valence-corrected chi connectivity index (χ0v) is 28.8. The summed E-state index contributed by atoms with van der Waals surface area (Å²) in [5, 5.41) is 19.4. The molecule has 1 aliphatic rings. The summed E-state index contributed by atoms with van der Waals surface area (Å²) in [6.07, 6.45) is -7.89. The monoisotopic (exact) mass is 743 g/mol. The minimum Gasteiger partial charge on any atom is -0.382 e. The third kappa shape index (κ3) is 7.33. The van der Waals surface area contributed by atoms with Crippen LogP contribution in [0.15, 0.2) is 77.6 Å². The molecule has 1 aliphatic heterocycles. The second-order valence-corrected chi connectivity index (χ2v) is 13.5. The minimum absolute atomic E-state index is 0.0507. The van der Waals surface area contributed by atoms with E-state index >= 15 is 0 Å². The van der Waals surface area contributed by atoms with E-state index in [4.69, 9.17) is 27.9 Å². The molecule has 0 saturated heterocycles. The van der Waals surface area contributed by atoms with Crippen LogP contribution < -0.4 is 5.69 Å². The average Bonchev–Trinajstić information content (AvgIpc) is 3.70. The molecule has 51 heavy (non-hydrogen) atoms. The molecule has 5 aromatic rings. The van der Waals surface area contributed by atoms with Crippen LogP contribution >= 0.6 is 23.2 Å². The van der Waals surface area contributed by atoms with Gasteiger partial charge in [-0.1, -0.05) is 47.5 Å². The molecule has 17 heteroatoms. The lowest BCUT2D eigenvalue weighted by atomic mass is 10.1. The zero-order valence-electron chi connectivity index (χ0n) is 27.3. The number of para-hydroxylation sites is 1. The number of amides is 2. The van der Waals surface area contributed by atoms with E-state index in [1.807, 2.05) is 0 Å². The molecule has 3 aromatic carbocycles. The molecule has 0 spiro atoms. The van der Waals surface area contributed by atoms with Crippen molar-refractivity contribution in [2.75, 3.05) is 6.61 Å². The van der Waals surface area contributed by atoms with Gasteiger partial charge in [0.2, 0.25) is 0 Å². The van der Waals surface area contributed by atoms with Crippen molar-refractivity contribution in [3.05, 3.63) is 116 Å². The highest BCUT2D eigenvalue weighted by Crippen LogP contribution is 2.34. The number of fused-ring (bicyclic) bond motifs is 1. The lowest BCUT2D eigenvalue weighted by Gasteiger charge is -2.29. The summed E-state index contributed by atoms with van der Waals surface area (Å²) < 4.78 is 49.3. The number of nitrogens with zero attached hydrogens (tertiary/aromatic N) is 7. The van der Waals surface area contributed by atoms with E-state index in [0.717, 1.165) is 9.58 Å². The fraction of sp³-hybridized carbons (Fsp3) is 0.294. The molecule has 0 saturated carbocycles. The van der Waals surface area contributed by atoms with Gasteiger partial charge in [-0.15, -0.1) is 10.2 Å². The van der Waals surface area contributed by atoms with Crippen molar-refractivity contribution < 1.29 is 32.6 Å². The van der Waals surface area contributed by atoms with E-state index in [1.54, 1.807) is 57.2 Å². The van der Waals surface area contributed by atoms with Gasteiger partial charge in [-0.05, 0) is 69.3 Å². The Kier molecular flexibility index (Phi) is 9.67. The maximum atomic E-state index is 13.8. The van der Waals surface area contributed by atoms with E-state index in [9.17, 15) is 32.7 Å². The molecule has 2 amide bonds. The Bertz CT molecular complexity index is 2140. The van der Waals surface area contributed by atoms with E-state index in [2.05, 4.69) is 15.2 Å². The fourth-order valence-electron chi connectivity index (χ4n) is 5.47. The first kappa shape index (κ1) is 36.0. The number of halogens is 5. The normalized spacial score (nSPS) is 14.6. The average molecular weight is 745 g/mol. The molecular formula is C34H30Cl2F3N7O5. The molecule has 2 unspecified atom stereocenters. The number of aliphatic hydroxyl groups is 1. The van der Waals surface area contributed by atoms with Crippen molar-refractivity contribution in [3.63, 3.8) is 0 Å². The maximum Gasteiger partial charge on any atom is 0.416 e. The topological polar surface area (TPSA) is 137 Å². The number of carbonyl (C=O) groups is 2. The molecule has 0 aliphatic carbocycles. The van der Waals surface area contributed by atoms with E-state index in [1.165, 1.54) is 41.1 Å². The second kappa shape index (κ2) is 13.7. The highest BCUT2D eigenvalue weighted by atomic mass is 35.5. The highest BCUT2D eigenvalue weighted by molar-refractivity contribution is 6.32. The van der Waals surface area contributed by atoms with Crippen LogP contribution in [0.4, 0.5) is 13.2 Å². The van der Waals surface area contributed by atoms with Crippen LogP contribution in [-0.4, -0.2) is 75.4 Å². The van der Waals surface area contributed by atoms with Gasteiger partial charge in [-0.25, -0.2) is 19.1 Å². The van der Waals surface area contributed by atoms with Crippen LogP contribution in [-0.2, 0) is 17.8 Å². The molecular weight excluding hydrogens is 714 g/mol. The summed E-state index contributed by atoms with van der Waals surface area (Å²) in [6, 6.07) is 17.7. The van der Waals surface area contributed by atoms with Crippen molar-refractivity contribution in [1.82, 2.24) is 34.0 Å². The van der Waals surface area contributed by atoms with Gasteiger partial charge in [0.05, 0.1) is 40.6 Å². The van der Waals surface area contributed by atoms with Crippen molar-refractivity contribution in [1.29, 1.82) is 0 Å². The third-order valence-electron chi connectivity index (χ3n) is 7.92. The molecule has 12 nitrogen and oxygen atoms in total. The number of carbonyl (C=O) groups excluding carboxylic acids is 2. The molecule has 6 rings (SSSR count). The molecule has 0 fully saturated rings. The Balaban J connectivity index is 1.48. The molecule has 266 valence electrons. The van der Waals surface area contributed by atoms with E-state index < -0.39 is 54.5 Å². The Morgan fingerprint density at radius 2 is 1.47 bits per heavy atom. The smallest absolute Gasteiger partial charge is 0.382 e. The Morgan fingerprint density at radius 3 is 2.06 bits per heavy atom. The van der Waals surface area contributed by atoms with Crippen LogP contribution in [0.25, 0.3) is 17.1 Å². The maximum absolute atomic E-state index is 13.8. The van der Waals surface area contributed by atoms with Gasteiger partial charge in [0, 0.05) is 10.6 Å². The fourth-order valence-corrected chi connectivity index (χ4v) is 5.81. The minimum atomic E-state index is -5.02. The van der Waals surface area contributed by atoms with Crippen LogP contribution in [0.1, 0.15) is 59.2 Å². The number of imide groups is 1. The van der Waals surface area contributed by atoms with E-state index in [0.29, 0.717) is 15.3 Å². The van der Waals surface area contributed by atoms with Gasteiger partial charge in [0.1, 0.15) is 12.6 Å². The Morgan fingerprint density at radius 1 is 0.863 bits per heavy atom. The number of hydrogen-bond donors (Lipinski definition) is 1. The first-order valence-electron chi connectivity index (χ1n) is 15.5. The number of alkyl halides is 3. The number of rotatable bonds is 10. The quantitative estimate of drug-likeness (QED) is 0.179. The third-order valence-corrected chi connectivity index (χ3v) is 8.49. The van der Waals surface area contributed by atoms with Crippen LogP contribution in [0.5, 0.6) is 0 Å². The van der Waals surface area contributed by atoms with Crippen LogP contribution in [0, 0.1) is 0 Å². The largest absolute Gasteiger partial charge is 0.416 e. The number of benzene rings is 3. The summed E-state index contributed by atoms with van der Waals surface area (Å²) in [7, 11) is 0. The van der Waals surface area contributed by atoms with E-state index in [-0.39, 0.29) is 45.8 Å². The van der Waals surface area contributed by atoms with Crippen LogP contribution in [0.2, 0.25) is 10.0 Å². The van der Waals surface area contributed by atoms with Crippen molar-refractivity contribution in [3.8, 4) is 17.1 Å². The SMILES string of the molecule is CC(C)(C)OCC(c1nc(Cn2nc(-c3ccc(Cl)cc3)n(CC(O)C(F)(F)F)c2=O)nn1-c1ccccc1Cl)N1C(=O)c2ccccc2C1=O. The summed E-state index contributed by atoms with van der Waals surface area (Å²) >= 11 is 12.6. The standard InChI is InChI=1S/C34H30Cl2F3N7O5/c1-33(2,3)51-18-25(45-30(48)21-8-4-5-9-22(21)31(45)49)29-40-27(41-46(29)24-11-7-6-10-23(24)36)17-44-32(50)43(16-26(47)34(37,38)39)28(42-44)19-12-14-20(35)15-13-19/h4-15,25-26,47H,16-18H2,1-3H3. The molecule has 0 radical (unpaired) electrons. The predicted octanol–water partition coefficient (Wildman–Crippen LogP) is 5.72. The van der Waals surface area contributed by atoms with Gasteiger partial charge in [0.15, 0.2) is 23.6 Å². The number of ether oxygens (including phenoxy) is 1. The lowest BCUT2D eigenvalue weighted by Crippen LogP contribution is -2.39. The molecule has 1 N–H and O–H groups in total. The highest BCUT2D eigenvalue weighted by Gasteiger charge is 2.44. The van der Waals surface area contributed by atoms with Gasteiger partial charge in [-0.3, -0.25) is 19.1 Å². The predicted molar refractivity (Wildman–Crippen MR) is 180 cm³/mol. The molecule has 2 aromatic heterocycles. The summed E-state index contributed by atoms with van der Waals surface area (Å²) in [6.45, 7) is 3.59. The van der Waals surface area contributed by atoms with Crippen LogP contribution in [0.3, 0.4) is 0 Å². The Hall–Kier alpha value is -4.83. The zero-order chi connectivity index (χ0) is 36.8. The van der Waals surface area contributed by atoms with Gasteiger partial charge >= 0.3 is 11.9 Å². The molecule has 0 bridgehead atoms. The number of aromatic nitrogens is 6. The van der Waals surface area contributed by atoms with Gasteiger partial charge in [-0.2, -0.15) is 13.2 Å². The summed E-state index contributed by atoms with van der Waals surface area (Å²) in [4.78, 5) is 46.9. The lowest BCUT2D eigenvalue weighted by molar-refractivity contribution is -0.207. The van der Waals surface area contributed by atoms with Crippen molar-refractivity contribution in [2.24, 2.45) is 0 Å². The number of aliphatic hydroxyl groups excluding tert-OH is 1.